The Hall–Kier alpha value is -2.22. The number of ether oxygens (including phenoxy) is 3. The van der Waals surface area contributed by atoms with Crippen molar-refractivity contribution in [3.8, 4) is 0 Å². The molecule has 10 heteroatoms. The van der Waals surface area contributed by atoms with Gasteiger partial charge in [0.1, 0.15) is 6.61 Å². The smallest absolute Gasteiger partial charge is 0.336 e. The van der Waals surface area contributed by atoms with E-state index in [1.807, 2.05) is 30.3 Å². The minimum atomic E-state index is -3.93. The number of rotatable bonds is 12. The van der Waals surface area contributed by atoms with Crippen LogP contribution in [-0.2, 0) is 48.8 Å². The minimum absolute atomic E-state index is 0.118. The van der Waals surface area contributed by atoms with E-state index in [4.69, 9.17) is 23.3 Å². The summed E-state index contributed by atoms with van der Waals surface area (Å²) >= 11 is 0. The summed E-state index contributed by atoms with van der Waals surface area (Å²) in [6, 6.07) is 9.24. The topological polar surface area (TPSA) is 114 Å². The second-order valence-corrected chi connectivity index (χ2v) is 12.6. The number of esters is 3. The molecule has 9 nitrogen and oxygen atoms in total. The van der Waals surface area contributed by atoms with Crippen LogP contribution >= 0.6 is 7.60 Å². The van der Waals surface area contributed by atoms with Gasteiger partial charge in [0, 0.05) is 0 Å². The molecule has 35 heavy (non-hydrogen) atoms. The van der Waals surface area contributed by atoms with Gasteiger partial charge in [-0.3, -0.25) is 28.0 Å². The van der Waals surface area contributed by atoms with Crippen LogP contribution in [0.2, 0.25) is 0 Å². The standard InChI is InChI=1S/C25H39O9P/c1-18(19(2)21(26)30-14-20-12-10-9-11-13-20)15-35(29,33-16-31-22(27)24(3,4)5)34-17-32-23(28)25(6,7)8/h9-13,18-19H,14-17H2,1-8H3/t18-,19-/m0/s1. The highest BCUT2D eigenvalue weighted by Crippen LogP contribution is 2.51. The zero-order valence-electron chi connectivity index (χ0n) is 22.0. The van der Waals surface area contributed by atoms with Gasteiger partial charge in [0.2, 0.25) is 13.6 Å². The highest BCUT2D eigenvalue weighted by molar-refractivity contribution is 7.53. The molecule has 0 saturated heterocycles. The van der Waals surface area contributed by atoms with Crippen LogP contribution in [0.15, 0.2) is 30.3 Å². The van der Waals surface area contributed by atoms with Gasteiger partial charge in [-0.05, 0) is 53.0 Å². The molecule has 1 aromatic rings. The van der Waals surface area contributed by atoms with Gasteiger partial charge in [0.25, 0.3) is 0 Å². The molecule has 1 aromatic carbocycles. The van der Waals surface area contributed by atoms with Gasteiger partial charge < -0.3 is 14.2 Å². The van der Waals surface area contributed by atoms with E-state index in [2.05, 4.69) is 0 Å². The van der Waals surface area contributed by atoms with Crippen LogP contribution in [0.25, 0.3) is 0 Å². The highest BCUT2D eigenvalue weighted by Gasteiger charge is 2.35. The lowest BCUT2D eigenvalue weighted by Crippen LogP contribution is -2.27. The highest BCUT2D eigenvalue weighted by atomic mass is 31.2. The Morgan fingerprint density at radius 2 is 1.26 bits per heavy atom. The molecular weight excluding hydrogens is 475 g/mol. The third-order valence-corrected chi connectivity index (χ3v) is 7.09. The summed E-state index contributed by atoms with van der Waals surface area (Å²) in [5.41, 5.74) is -0.707. The van der Waals surface area contributed by atoms with Crippen molar-refractivity contribution in [3.05, 3.63) is 35.9 Å². The first-order chi connectivity index (χ1) is 16.0. The van der Waals surface area contributed by atoms with Crippen LogP contribution in [0, 0.1) is 22.7 Å². The Labute approximate surface area is 208 Å². The van der Waals surface area contributed by atoms with E-state index in [1.54, 1.807) is 55.4 Å². The maximum absolute atomic E-state index is 13.4. The van der Waals surface area contributed by atoms with Crippen LogP contribution in [-0.4, -0.2) is 37.7 Å². The maximum Gasteiger partial charge on any atom is 0.336 e. The molecule has 0 saturated carbocycles. The third kappa shape index (κ3) is 11.4. The predicted molar refractivity (Wildman–Crippen MR) is 130 cm³/mol. The Bertz CT molecular complexity index is 848. The van der Waals surface area contributed by atoms with E-state index in [1.165, 1.54) is 0 Å². The SMILES string of the molecule is C[C@H](C(=O)OCc1ccccc1)[C@@H](C)CP(=O)(OCOC(=O)C(C)(C)C)OCOC(=O)C(C)(C)C. The second-order valence-electron chi connectivity index (χ2n) is 10.5. The third-order valence-electron chi connectivity index (χ3n) is 5.06. The van der Waals surface area contributed by atoms with Crippen molar-refractivity contribution in [3.63, 3.8) is 0 Å². The van der Waals surface area contributed by atoms with Gasteiger partial charge in [0.15, 0.2) is 0 Å². The first-order valence-electron chi connectivity index (χ1n) is 11.5. The molecule has 0 aliphatic heterocycles. The molecule has 0 radical (unpaired) electrons. The van der Waals surface area contributed by atoms with Crippen molar-refractivity contribution in [2.24, 2.45) is 22.7 Å². The fourth-order valence-electron chi connectivity index (χ4n) is 2.50. The molecule has 0 spiro atoms. The molecule has 0 amide bonds. The largest absolute Gasteiger partial charge is 0.461 e. The number of benzene rings is 1. The number of hydrogen-bond acceptors (Lipinski definition) is 9. The zero-order chi connectivity index (χ0) is 26.9. The van der Waals surface area contributed by atoms with E-state index < -0.39 is 61.8 Å². The summed E-state index contributed by atoms with van der Waals surface area (Å²) in [7, 11) is -3.93. The van der Waals surface area contributed by atoms with Gasteiger partial charge in [-0.2, -0.15) is 0 Å². The van der Waals surface area contributed by atoms with Crippen LogP contribution in [0.1, 0.15) is 61.0 Å². The van der Waals surface area contributed by atoms with Gasteiger partial charge in [-0.15, -0.1) is 0 Å². The first-order valence-corrected chi connectivity index (χ1v) is 13.2. The normalized spacial score (nSPS) is 14.1. The summed E-state index contributed by atoms with van der Waals surface area (Å²) in [6.45, 7) is 12.3. The van der Waals surface area contributed by atoms with E-state index in [-0.39, 0.29) is 12.8 Å². The monoisotopic (exact) mass is 514 g/mol. The van der Waals surface area contributed by atoms with Crippen LogP contribution in [0.5, 0.6) is 0 Å². The number of carbonyl (C=O) groups is 3. The van der Waals surface area contributed by atoms with Gasteiger partial charge in [0.05, 0.1) is 22.9 Å². The molecular formula is C25H39O9P. The Kier molecular flexibility index (Phi) is 11.6. The van der Waals surface area contributed by atoms with Crippen molar-refractivity contribution < 1.29 is 42.2 Å². The summed E-state index contributed by atoms with van der Waals surface area (Å²) in [5.74, 6) is -2.68. The molecule has 0 heterocycles. The molecule has 0 N–H and O–H groups in total. The van der Waals surface area contributed by atoms with E-state index >= 15 is 0 Å². The molecule has 0 bridgehead atoms. The first kappa shape index (κ1) is 30.8. The minimum Gasteiger partial charge on any atom is -0.461 e. The molecule has 0 aliphatic rings. The van der Waals surface area contributed by atoms with Gasteiger partial charge in [-0.1, -0.05) is 44.2 Å². The van der Waals surface area contributed by atoms with E-state index in [0.29, 0.717) is 0 Å². The molecule has 0 unspecified atom stereocenters. The zero-order valence-corrected chi connectivity index (χ0v) is 22.9. The molecule has 0 fully saturated rings. The van der Waals surface area contributed by atoms with Crippen molar-refractivity contribution in [1.29, 1.82) is 0 Å². The molecule has 1 rings (SSSR count). The predicted octanol–water partition coefficient (Wildman–Crippen LogP) is 5.32. The molecule has 2 atom stereocenters. The lowest BCUT2D eigenvalue weighted by atomic mass is 9.98. The average Bonchev–Trinajstić information content (AvgIpc) is 2.76. The number of carbonyl (C=O) groups excluding carboxylic acids is 3. The molecule has 198 valence electrons. The van der Waals surface area contributed by atoms with Crippen molar-refractivity contribution in [2.75, 3.05) is 19.7 Å². The van der Waals surface area contributed by atoms with Crippen molar-refractivity contribution >= 4 is 25.5 Å². The summed E-state index contributed by atoms with van der Waals surface area (Å²) < 4.78 is 39.6. The van der Waals surface area contributed by atoms with Crippen LogP contribution in [0.4, 0.5) is 0 Å². The second kappa shape index (κ2) is 13.2. The summed E-state index contributed by atoms with van der Waals surface area (Å²) in [5, 5.41) is 0. The molecule has 0 aromatic heterocycles. The lowest BCUT2D eigenvalue weighted by Gasteiger charge is -2.25. The fraction of sp³-hybridized carbons (Fsp3) is 0.640. The van der Waals surface area contributed by atoms with Crippen molar-refractivity contribution in [1.82, 2.24) is 0 Å². The quantitative estimate of drug-likeness (QED) is 0.158. The Balaban J connectivity index is 2.79. The van der Waals surface area contributed by atoms with Crippen LogP contribution < -0.4 is 0 Å². The van der Waals surface area contributed by atoms with Crippen molar-refractivity contribution in [2.45, 2.75) is 62.0 Å². The Morgan fingerprint density at radius 3 is 1.69 bits per heavy atom. The van der Waals surface area contributed by atoms with Crippen LogP contribution in [0.3, 0.4) is 0 Å². The van der Waals surface area contributed by atoms with E-state index in [9.17, 15) is 18.9 Å². The number of hydrogen-bond donors (Lipinski definition) is 0. The van der Waals surface area contributed by atoms with Gasteiger partial charge >= 0.3 is 25.5 Å². The lowest BCUT2D eigenvalue weighted by molar-refractivity contribution is -0.162. The summed E-state index contributed by atoms with van der Waals surface area (Å²) in [4.78, 5) is 36.6. The Morgan fingerprint density at radius 1 is 0.800 bits per heavy atom. The van der Waals surface area contributed by atoms with Gasteiger partial charge in [-0.25, -0.2) is 0 Å². The maximum atomic E-state index is 13.4. The fourth-order valence-corrected chi connectivity index (χ4v) is 4.23. The average molecular weight is 515 g/mol. The van der Waals surface area contributed by atoms with E-state index in [0.717, 1.165) is 5.56 Å². The summed E-state index contributed by atoms with van der Waals surface area (Å²) in [6.07, 6.45) is -0.186. The molecule has 0 aliphatic carbocycles.